The molecule has 0 atom stereocenters. The van der Waals surface area contributed by atoms with Crippen molar-refractivity contribution in [2.45, 2.75) is 31.1 Å². The Labute approximate surface area is 128 Å². The zero-order valence-electron chi connectivity index (χ0n) is 12.0. The Morgan fingerprint density at radius 2 is 1.95 bits per heavy atom. The molecule has 1 aromatic carbocycles. The number of benzene rings is 1. The molecule has 0 aliphatic carbocycles. The van der Waals surface area contributed by atoms with Crippen molar-refractivity contribution >= 4 is 22.4 Å². The number of nitrogens with zero attached hydrogens (tertiary/aromatic N) is 1. The molecule has 0 aromatic heterocycles. The van der Waals surface area contributed by atoms with E-state index < -0.39 is 10.0 Å². The zero-order chi connectivity index (χ0) is 13.9. The highest BCUT2D eigenvalue weighted by Gasteiger charge is 2.25. The number of halogens is 1. The number of nitrogens with one attached hydrogen (secondary N) is 1. The molecule has 1 N–H and O–H groups in total. The lowest BCUT2D eigenvalue weighted by molar-refractivity contribution is 0.432. The van der Waals surface area contributed by atoms with Crippen LogP contribution in [0, 0.1) is 0 Å². The van der Waals surface area contributed by atoms with Crippen LogP contribution in [0.25, 0.3) is 0 Å². The third kappa shape index (κ3) is 3.95. The summed E-state index contributed by atoms with van der Waals surface area (Å²) in [4.78, 5) is 0.417. The largest absolute Gasteiger partial charge is 0.315 e. The van der Waals surface area contributed by atoms with E-state index in [0.29, 0.717) is 23.9 Å². The quantitative estimate of drug-likeness (QED) is 0.929. The predicted molar refractivity (Wildman–Crippen MR) is 84.0 cm³/mol. The first-order valence-electron chi connectivity index (χ1n) is 6.82. The second-order valence-corrected chi connectivity index (χ2v) is 7.17. The maximum atomic E-state index is 12.6. The van der Waals surface area contributed by atoms with Crippen LogP contribution < -0.4 is 5.32 Å². The topological polar surface area (TPSA) is 49.4 Å². The fraction of sp³-hybridized carbons (Fsp3) is 0.571. The van der Waals surface area contributed by atoms with Crippen molar-refractivity contribution in [2.75, 3.05) is 26.2 Å². The summed E-state index contributed by atoms with van der Waals surface area (Å²) in [5.41, 5.74) is 1.06. The normalized spacial score (nSPS) is 17.6. The summed E-state index contributed by atoms with van der Waals surface area (Å²) in [6, 6.07) is 7.31. The molecule has 0 spiro atoms. The van der Waals surface area contributed by atoms with Crippen LogP contribution in [-0.4, -0.2) is 38.9 Å². The molecular weight excluding hydrogens is 296 g/mol. The van der Waals surface area contributed by atoms with Gasteiger partial charge in [0.25, 0.3) is 0 Å². The van der Waals surface area contributed by atoms with Crippen molar-refractivity contribution in [1.82, 2.24) is 9.62 Å². The first-order chi connectivity index (χ1) is 9.01. The van der Waals surface area contributed by atoms with Crippen LogP contribution in [0.15, 0.2) is 29.2 Å². The molecule has 114 valence electrons. The molecule has 0 bridgehead atoms. The highest BCUT2D eigenvalue weighted by molar-refractivity contribution is 7.89. The monoisotopic (exact) mass is 318 g/mol. The molecule has 1 heterocycles. The van der Waals surface area contributed by atoms with Crippen molar-refractivity contribution in [1.29, 1.82) is 0 Å². The number of rotatable bonds is 3. The summed E-state index contributed by atoms with van der Waals surface area (Å²) < 4.78 is 26.8. The molecular formula is C14H23ClN2O2S. The Bertz CT molecular complexity index is 524. The van der Waals surface area contributed by atoms with Crippen molar-refractivity contribution in [2.24, 2.45) is 0 Å². The molecule has 2 rings (SSSR count). The Hall–Kier alpha value is -0.620. The van der Waals surface area contributed by atoms with E-state index in [1.165, 1.54) is 0 Å². The van der Waals surface area contributed by atoms with Crippen molar-refractivity contribution in [3.05, 3.63) is 29.8 Å². The fourth-order valence-electron chi connectivity index (χ4n) is 2.24. The second kappa shape index (κ2) is 7.41. The molecule has 1 fully saturated rings. The van der Waals surface area contributed by atoms with Crippen LogP contribution in [0.2, 0.25) is 0 Å². The molecule has 4 nitrogen and oxygen atoms in total. The van der Waals surface area contributed by atoms with E-state index in [1.807, 2.05) is 12.1 Å². The molecule has 0 saturated carbocycles. The Morgan fingerprint density at radius 3 is 2.65 bits per heavy atom. The molecule has 0 radical (unpaired) electrons. The Morgan fingerprint density at radius 1 is 1.20 bits per heavy atom. The van der Waals surface area contributed by atoms with Gasteiger partial charge in [-0.05, 0) is 36.6 Å². The van der Waals surface area contributed by atoms with Gasteiger partial charge in [-0.1, -0.05) is 26.0 Å². The van der Waals surface area contributed by atoms with E-state index in [9.17, 15) is 8.42 Å². The second-order valence-electron chi connectivity index (χ2n) is 5.23. The Kier molecular flexibility index (Phi) is 6.45. The zero-order valence-corrected chi connectivity index (χ0v) is 13.6. The predicted octanol–water partition coefficient (Wildman–Crippen LogP) is 2.22. The van der Waals surface area contributed by atoms with E-state index in [1.54, 1.807) is 16.4 Å². The summed E-state index contributed by atoms with van der Waals surface area (Å²) in [6.07, 6.45) is 0.864. The number of sulfonamides is 1. The van der Waals surface area contributed by atoms with Gasteiger partial charge in [-0.25, -0.2) is 8.42 Å². The molecule has 1 aromatic rings. The van der Waals surface area contributed by atoms with Gasteiger partial charge in [0.15, 0.2) is 0 Å². The smallest absolute Gasteiger partial charge is 0.243 e. The maximum absolute atomic E-state index is 12.6. The van der Waals surface area contributed by atoms with E-state index in [2.05, 4.69) is 19.2 Å². The summed E-state index contributed by atoms with van der Waals surface area (Å²) in [7, 11) is -3.35. The third-order valence-corrected chi connectivity index (χ3v) is 5.36. The van der Waals surface area contributed by atoms with Crippen LogP contribution in [0.3, 0.4) is 0 Å². The molecule has 0 amide bonds. The minimum absolute atomic E-state index is 0. The fourth-order valence-corrected chi connectivity index (χ4v) is 3.78. The van der Waals surface area contributed by atoms with E-state index in [0.717, 1.165) is 25.1 Å². The molecule has 20 heavy (non-hydrogen) atoms. The average Bonchev–Trinajstić information content (AvgIpc) is 2.68. The van der Waals surface area contributed by atoms with Crippen molar-refractivity contribution in [3.63, 3.8) is 0 Å². The van der Waals surface area contributed by atoms with Gasteiger partial charge in [-0.3, -0.25) is 0 Å². The summed E-state index contributed by atoms with van der Waals surface area (Å²) in [5.74, 6) is 0.334. The summed E-state index contributed by atoms with van der Waals surface area (Å²) in [6.45, 7) is 6.90. The van der Waals surface area contributed by atoms with E-state index in [4.69, 9.17) is 0 Å². The molecule has 1 aliphatic heterocycles. The maximum Gasteiger partial charge on any atom is 0.243 e. The highest BCUT2D eigenvalue weighted by Crippen LogP contribution is 2.21. The molecule has 1 aliphatic rings. The van der Waals surface area contributed by atoms with Gasteiger partial charge in [0.05, 0.1) is 4.90 Å². The lowest BCUT2D eigenvalue weighted by Gasteiger charge is -2.20. The number of hydrogen-bond acceptors (Lipinski definition) is 3. The first kappa shape index (κ1) is 17.4. The van der Waals surface area contributed by atoms with Gasteiger partial charge in [-0.2, -0.15) is 4.31 Å². The van der Waals surface area contributed by atoms with Crippen molar-refractivity contribution < 1.29 is 8.42 Å². The minimum Gasteiger partial charge on any atom is -0.315 e. The summed E-state index contributed by atoms with van der Waals surface area (Å²) in [5, 5.41) is 3.22. The van der Waals surface area contributed by atoms with Gasteiger partial charge in [-0.15, -0.1) is 12.4 Å². The van der Waals surface area contributed by atoms with Gasteiger partial charge in [0, 0.05) is 19.6 Å². The average molecular weight is 319 g/mol. The third-order valence-electron chi connectivity index (χ3n) is 3.46. The van der Waals surface area contributed by atoms with Gasteiger partial charge < -0.3 is 5.32 Å². The van der Waals surface area contributed by atoms with E-state index >= 15 is 0 Å². The van der Waals surface area contributed by atoms with Crippen LogP contribution >= 0.6 is 12.4 Å². The summed E-state index contributed by atoms with van der Waals surface area (Å²) >= 11 is 0. The lowest BCUT2D eigenvalue weighted by Crippen LogP contribution is -2.34. The van der Waals surface area contributed by atoms with Gasteiger partial charge >= 0.3 is 0 Å². The minimum atomic E-state index is -3.35. The Balaban J connectivity index is 0.00000200. The SMILES string of the molecule is CC(C)c1cccc(S(=O)(=O)N2CCCNCC2)c1.Cl. The number of hydrogen-bond donors (Lipinski definition) is 1. The van der Waals surface area contributed by atoms with E-state index in [-0.39, 0.29) is 12.4 Å². The van der Waals surface area contributed by atoms with Gasteiger partial charge in [0.1, 0.15) is 0 Å². The van der Waals surface area contributed by atoms with Gasteiger partial charge in [0.2, 0.25) is 10.0 Å². The van der Waals surface area contributed by atoms with Crippen LogP contribution in [0.1, 0.15) is 31.7 Å². The molecule has 1 saturated heterocycles. The van der Waals surface area contributed by atoms with Crippen LogP contribution in [0.4, 0.5) is 0 Å². The standard InChI is InChI=1S/C14H22N2O2S.ClH/c1-12(2)13-5-3-6-14(11-13)19(17,18)16-9-4-7-15-8-10-16;/h3,5-6,11-12,15H,4,7-10H2,1-2H3;1H. The van der Waals surface area contributed by atoms with Crippen LogP contribution in [-0.2, 0) is 10.0 Å². The molecule has 6 heteroatoms. The highest BCUT2D eigenvalue weighted by atomic mass is 35.5. The molecule has 0 unspecified atom stereocenters. The first-order valence-corrected chi connectivity index (χ1v) is 8.26. The van der Waals surface area contributed by atoms with Crippen molar-refractivity contribution in [3.8, 4) is 0 Å². The van der Waals surface area contributed by atoms with Crippen LogP contribution in [0.5, 0.6) is 0 Å². The lowest BCUT2D eigenvalue weighted by atomic mass is 10.0.